The summed E-state index contributed by atoms with van der Waals surface area (Å²) >= 11 is 0. The van der Waals surface area contributed by atoms with Crippen LogP contribution in [0, 0.1) is 0 Å². The third kappa shape index (κ3) is 3.36. The Balaban J connectivity index is 1.59. The van der Waals surface area contributed by atoms with E-state index >= 15 is 0 Å². The highest BCUT2D eigenvalue weighted by Crippen LogP contribution is 2.27. The van der Waals surface area contributed by atoms with E-state index in [2.05, 4.69) is 15.4 Å². The molecule has 8 nitrogen and oxygen atoms in total. The van der Waals surface area contributed by atoms with Gasteiger partial charge in [0.25, 0.3) is 5.91 Å². The zero-order chi connectivity index (χ0) is 18.9. The fraction of sp³-hybridized carbons (Fsp3) is 0.316. The molecule has 1 aliphatic heterocycles. The molecule has 0 spiro atoms. The van der Waals surface area contributed by atoms with Crippen molar-refractivity contribution in [3.05, 3.63) is 54.0 Å². The van der Waals surface area contributed by atoms with Gasteiger partial charge in [-0.15, -0.1) is 0 Å². The molecule has 2 aromatic heterocycles. The summed E-state index contributed by atoms with van der Waals surface area (Å²) in [5.41, 5.74) is 0.881. The van der Waals surface area contributed by atoms with Gasteiger partial charge in [0.1, 0.15) is 18.1 Å². The average Bonchev–Trinajstić information content (AvgIpc) is 2.99. The average molecular weight is 368 g/mol. The van der Waals surface area contributed by atoms with Crippen LogP contribution in [0.15, 0.2) is 42.6 Å². The van der Waals surface area contributed by atoms with Crippen LogP contribution in [0.3, 0.4) is 0 Å². The van der Waals surface area contributed by atoms with E-state index in [-0.39, 0.29) is 12.5 Å². The van der Waals surface area contributed by atoms with E-state index in [0.717, 1.165) is 5.69 Å². The van der Waals surface area contributed by atoms with Crippen LogP contribution < -0.4 is 10.1 Å². The second kappa shape index (κ2) is 6.98. The minimum Gasteiger partial charge on any atom is -0.487 e. The second-order valence-corrected chi connectivity index (χ2v) is 6.47. The molecule has 1 saturated heterocycles. The van der Waals surface area contributed by atoms with Crippen molar-refractivity contribution in [2.75, 3.05) is 13.2 Å². The molecule has 140 valence electrons. The van der Waals surface area contributed by atoms with Crippen molar-refractivity contribution in [3.63, 3.8) is 0 Å². The maximum absolute atomic E-state index is 12.8. The highest BCUT2D eigenvalue weighted by atomic mass is 16.5. The van der Waals surface area contributed by atoms with Crippen molar-refractivity contribution < 1.29 is 19.4 Å². The summed E-state index contributed by atoms with van der Waals surface area (Å²) in [5.74, 6) is 0.266. The number of aryl methyl sites for hydroxylation is 1. The highest BCUT2D eigenvalue weighted by molar-refractivity contribution is 6.05. The molecule has 8 heteroatoms. The van der Waals surface area contributed by atoms with E-state index in [4.69, 9.17) is 9.47 Å². The molecule has 27 heavy (non-hydrogen) atoms. The highest BCUT2D eigenvalue weighted by Gasteiger charge is 2.40. The Morgan fingerprint density at radius 3 is 2.93 bits per heavy atom. The monoisotopic (exact) mass is 368 g/mol. The Morgan fingerprint density at radius 2 is 2.26 bits per heavy atom. The summed E-state index contributed by atoms with van der Waals surface area (Å²) in [6.45, 7) is 0.570. The summed E-state index contributed by atoms with van der Waals surface area (Å²) < 4.78 is 12.7. The van der Waals surface area contributed by atoms with Gasteiger partial charge < -0.3 is 19.9 Å². The van der Waals surface area contributed by atoms with Gasteiger partial charge in [-0.2, -0.15) is 5.10 Å². The van der Waals surface area contributed by atoms with Crippen molar-refractivity contribution in [1.29, 1.82) is 0 Å². The van der Waals surface area contributed by atoms with Gasteiger partial charge >= 0.3 is 0 Å². The zero-order valence-corrected chi connectivity index (χ0v) is 14.9. The summed E-state index contributed by atoms with van der Waals surface area (Å²) in [7, 11) is 1.70. The molecule has 1 fully saturated rings. The number of pyridine rings is 1. The van der Waals surface area contributed by atoms with Crippen LogP contribution in [0.2, 0.25) is 0 Å². The van der Waals surface area contributed by atoms with Crippen LogP contribution in [0.4, 0.5) is 0 Å². The van der Waals surface area contributed by atoms with Crippen molar-refractivity contribution in [2.24, 2.45) is 7.05 Å². The largest absolute Gasteiger partial charge is 0.487 e. The van der Waals surface area contributed by atoms with Gasteiger partial charge in [-0.05, 0) is 30.3 Å². The topological polar surface area (TPSA) is 98.5 Å². The number of aromatic nitrogens is 3. The molecule has 0 radical (unpaired) electrons. The number of aliphatic hydroxyl groups is 1. The molecule has 1 unspecified atom stereocenters. The Morgan fingerprint density at radius 1 is 1.41 bits per heavy atom. The first kappa shape index (κ1) is 17.4. The molecular formula is C19H20N4O4. The fourth-order valence-electron chi connectivity index (χ4n) is 3.06. The zero-order valence-electron chi connectivity index (χ0n) is 14.9. The quantitative estimate of drug-likeness (QED) is 0.682. The number of nitrogens with zero attached hydrogens (tertiary/aromatic N) is 3. The minimum atomic E-state index is -0.999. The molecule has 0 bridgehead atoms. The van der Waals surface area contributed by atoms with Gasteiger partial charge in [-0.1, -0.05) is 6.07 Å². The lowest BCUT2D eigenvalue weighted by Crippen LogP contribution is -2.60. The first-order chi connectivity index (χ1) is 13.1. The Labute approximate surface area is 155 Å². The lowest BCUT2D eigenvalue weighted by molar-refractivity contribution is -0.182. The maximum atomic E-state index is 12.8. The predicted octanol–water partition coefficient (Wildman–Crippen LogP) is 1.39. The van der Waals surface area contributed by atoms with Gasteiger partial charge in [0.15, 0.2) is 5.72 Å². The number of hydrogen-bond donors (Lipinski definition) is 2. The SMILES string of the molecule is Cn1nc2ccc(OCc3ccccn3)cc2c1C(=O)NC1(CO)CCO1. The molecule has 4 rings (SSSR count). The van der Waals surface area contributed by atoms with Crippen LogP contribution in [-0.2, 0) is 18.4 Å². The van der Waals surface area contributed by atoms with Crippen LogP contribution in [0.25, 0.3) is 10.9 Å². The third-order valence-electron chi connectivity index (χ3n) is 4.61. The molecule has 1 aliphatic rings. The summed E-state index contributed by atoms with van der Waals surface area (Å²) in [4.78, 5) is 17.0. The molecule has 2 N–H and O–H groups in total. The third-order valence-corrected chi connectivity index (χ3v) is 4.61. The van der Waals surface area contributed by atoms with Crippen LogP contribution in [0.1, 0.15) is 22.6 Å². The number of carbonyl (C=O) groups excluding carboxylic acids is 1. The number of benzene rings is 1. The Hall–Kier alpha value is -2.97. The molecular weight excluding hydrogens is 348 g/mol. The Kier molecular flexibility index (Phi) is 4.51. The fourth-order valence-corrected chi connectivity index (χ4v) is 3.06. The van der Waals surface area contributed by atoms with E-state index in [0.29, 0.717) is 42.0 Å². The molecule has 1 atom stereocenters. The second-order valence-electron chi connectivity index (χ2n) is 6.47. The van der Waals surface area contributed by atoms with Gasteiger partial charge in [-0.25, -0.2) is 0 Å². The van der Waals surface area contributed by atoms with E-state index < -0.39 is 5.72 Å². The number of carbonyl (C=O) groups is 1. The molecule has 3 aromatic rings. The van der Waals surface area contributed by atoms with Gasteiger partial charge in [0.2, 0.25) is 0 Å². The van der Waals surface area contributed by atoms with E-state index in [1.807, 2.05) is 30.3 Å². The maximum Gasteiger partial charge on any atom is 0.272 e. The number of aliphatic hydroxyl groups excluding tert-OH is 1. The van der Waals surface area contributed by atoms with E-state index in [9.17, 15) is 9.90 Å². The molecule has 1 amide bonds. The van der Waals surface area contributed by atoms with E-state index in [1.54, 1.807) is 19.3 Å². The summed E-state index contributed by atoms with van der Waals surface area (Å²) in [6.07, 6.45) is 2.29. The van der Waals surface area contributed by atoms with Gasteiger partial charge in [-0.3, -0.25) is 14.5 Å². The standard InChI is InChI=1S/C19H20N4O4/c1-23-17(18(25)21-19(12-24)7-9-27-19)15-10-14(5-6-16(15)22-23)26-11-13-4-2-3-8-20-13/h2-6,8,10,24H,7,9,11-12H2,1H3,(H,21,25). The smallest absolute Gasteiger partial charge is 0.272 e. The minimum absolute atomic E-state index is 0.271. The van der Waals surface area contributed by atoms with Crippen molar-refractivity contribution in [1.82, 2.24) is 20.1 Å². The molecule has 1 aromatic carbocycles. The number of amides is 1. The summed E-state index contributed by atoms with van der Waals surface area (Å²) in [6, 6.07) is 11.0. The molecule has 3 heterocycles. The first-order valence-electron chi connectivity index (χ1n) is 8.67. The van der Waals surface area contributed by atoms with Gasteiger partial charge in [0.05, 0.1) is 24.4 Å². The van der Waals surface area contributed by atoms with Gasteiger partial charge in [0, 0.05) is 25.1 Å². The normalized spacial score (nSPS) is 18.9. The number of hydrogen-bond acceptors (Lipinski definition) is 6. The number of nitrogens with one attached hydrogen (secondary N) is 1. The van der Waals surface area contributed by atoms with Crippen LogP contribution in [-0.4, -0.2) is 44.7 Å². The number of rotatable bonds is 6. The predicted molar refractivity (Wildman–Crippen MR) is 97.1 cm³/mol. The van der Waals surface area contributed by atoms with E-state index in [1.165, 1.54) is 4.68 Å². The summed E-state index contributed by atoms with van der Waals surface area (Å²) in [5, 5.41) is 17.3. The molecule has 0 aliphatic carbocycles. The number of fused-ring (bicyclic) bond motifs is 1. The number of ether oxygens (including phenoxy) is 2. The molecule has 0 saturated carbocycles. The lowest BCUT2D eigenvalue weighted by atomic mass is 10.1. The van der Waals surface area contributed by atoms with Crippen LogP contribution in [0.5, 0.6) is 5.75 Å². The van der Waals surface area contributed by atoms with Crippen molar-refractivity contribution >= 4 is 16.8 Å². The van der Waals surface area contributed by atoms with Crippen molar-refractivity contribution in [2.45, 2.75) is 18.8 Å². The lowest BCUT2D eigenvalue weighted by Gasteiger charge is -2.40. The Bertz CT molecular complexity index is 961. The van der Waals surface area contributed by atoms with Crippen LogP contribution >= 0.6 is 0 Å². The first-order valence-corrected chi connectivity index (χ1v) is 8.67. The van der Waals surface area contributed by atoms with Crippen molar-refractivity contribution in [3.8, 4) is 5.75 Å².